The molecule has 0 saturated heterocycles. The Balaban J connectivity index is -0.0000000711. The molecule has 0 aromatic heterocycles. The molecule has 0 fully saturated rings. The molecule has 0 heterocycles. The standard InChI is InChI=1S/2C4H14O3Si2.2CH4.H2O/c2*1-8(2,5)7-9(3,4)6;;;/h2*5-6H,1-4H3;2*1H4;1H2. The van der Waals surface area contributed by atoms with E-state index < -0.39 is 34.2 Å². The lowest BCUT2D eigenvalue weighted by molar-refractivity contribution is 0.319. The smallest absolute Gasteiger partial charge is 0.320 e. The Hall–Kier alpha value is 0.588. The zero-order chi connectivity index (χ0) is 15.4. The van der Waals surface area contributed by atoms with E-state index in [0.717, 1.165) is 0 Å². The molecule has 0 atom stereocenters. The van der Waals surface area contributed by atoms with E-state index in [1.165, 1.54) is 0 Å². The monoisotopic (exact) mass is 382 g/mol. The third-order valence-electron chi connectivity index (χ3n) is 0.999. The highest BCUT2D eigenvalue weighted by molar-refractivity contribution is 6.77. The maximum Gasteiger partial charge on any atom is 0.320 e. The van der Waals surface area contributed by atoms with Gasteiger partial charge >= 0.3 is 34.2 Å². The van der Waals surface area contributed by atoms with Crippen molar-refractivity contribution in [1.29, 1.82) is 0 Å². The van der Waals surface area contributed by atoms with Crippen LogP contribution in [0.1, 0.15) is 14.9 Å². The van der Waals surface area contributed by atoms with Crippen molar-refractivity contribution in [2.75, 3.05) is 0 Å². The molecule has 0 aliphatic heterocycles. The first-order valence-electron chi connectivity index (χ1n) is 5.71. The zero-order valence-corrected chi connectivity index (χ0v) is 17.1. The normalized spacial score (nSPS) is 12.0. The number of rotatable bonds is 4. The van der Waals surface area contributed by atoms with Crippen LogP contribution in [-0.4, -0.2) is 58.9 Å². The minimum Gasteiger partial charge on any atom is -0.415 e. The van der Waals surface area contributed by atoms with Gasteiger partial charge in [-0.1, -0.05) is 14.9 Å². The minimum atomic E-state index is -2.48. The van der Waals surface area contributed by atoms with Crippen LogP contribution < -0.4 is 0 Å². The Bertz CT molecular complexity index is 188. The summed E-state index contributed by atoms with van der Waals surface area (Å²) in [5.74, 6) is 0. The van der Waals surface area contributed by atoms with Gasteiger partial charge in [-0.2, -0.15) is 0 Å². The van der Waals surface area contributed by atoms with E-state index in [2.05, 4.69) is 0 Å². The van der Waals surface area contributed by atoms with Crippen molar-refractivity contribution >= 4 is 34.2 Å². The van der Waals surface area contributed by atoms with Crippen molar-refractivity contribution in [3.63, 3.8) is 0 Å². The van der Waals surface area contributed by atoms with Crippen LogP contribution >= 0.6 is 0 Å². The van der Waals surface area contributed by atoms with Crippen LogP contribution in [-0.2, 0) is 8.23 Å². The number of hydrogen-bond acceptors (Lipinski definition) is 6. The van der Waals surface area contributed by atoms with Gasteiger partial charge in [-0.25, -0.2) is 0 Å². The van der Waals surface area contributed by atoms with E-state index in [1.54, 1.807) is 52.4 Å². The maximum absolute atomic E-state index is 9.14. The fraction of sp³-hybridized carbons (Fsp3) is 1.00. The molecule has 0 aromatic carbocycles. The Morgan fingerprint density at radius 1 is 0.476 bits per heavy atom. The molecule has 0 aliphatic rings. The van der Waals surface area contributed by atoms with Crippen molar-refractivity contribution in [3.8, 4) is 0 Å². The predicted molar refractivity (Wildman–Crippen MR) is 98.0 cm³/mol. The van der Waals surface area contributed by atoms with Gasteiger partial charge in [0.1, 0.15) is 0 Å². The molecule has 21 heavy (non-hydrogen) atoms. The van der Waals surface area contributed by atoms with E-state index in [9.17, 15) is 0 Å². The first-order valence-corrected chi connectivity index (χ1v) is 17.1. The molecule has 136 valence electrons. The molecular weight excluding hydrogens is 344 g/mol. The quantitative estimate of drug-likeness (QED) is 0.541. The molecule has 0 saturated carbocycles. The molecule has 0 spiro atoms. The van der Waals surface area contributed by atoms with Gasteiger partial charge in [0.25, 0.3) is 0 Å². The lowest BCUT2D eigenvalue weighted by atomic mass is 11.9. The molecule has 6 N–H and O–H groups in total. The molecule has 0 radical (unpaired) electrons. The summed E-state index contributed by atoms with van der Waals surface area (Å²) >= 11 is 0. The second-order valence-electron chi connectivity index (χ2n) is 5.99. The summed E-state index contributed by atoms with van der Waals surface area (Å²) < 4.78 is 10.0. The molecule has 0 rings (SSSR count). The van der Waals surface area contributed by atoms with Crippen molar-refractivity contribution in [2.24, 2.45) is 0 Å². The minimum absolute atomic E-state index is 0. The summed E-state index contributed by atoms with van der Waals surface area (Å²) in [5.41, 5.74) is 0. The second kappa shape index (κ2) is 11.2. The van der Waals surface area contributed by atoms with Crippen molar-refractivity contribution in [2.45, 2.75) is 67.2 Å². The van der Waals surface area contributed by atoms with Gasteiger partial charge in [0.2, 0.25) is 0 Å². The van der Waals surface area contributed by atoms with E-state index in [1.807, 2.05) is 0 Å². The highest BCUT2D eigenvalue weighted by Crippen LogP contribution is 2.08. The van der Waals surface area contributed by atoms with E-state index in [4.69, 9.17) is 27.4 Å². The van der Waals surface area contributed by atoms with Gasteiger partial charge in [-0.05, 0) is 52.4 Å². The molecule has 0 bridgehead atoms. The topological polar surface area (TPSA) is 131 Å². The van der Waals surface area contributed by atoms with E-state index in [-0.39, 0.29) is 20.3 Å². The Labute approximate surface area is 134 Å². The van der Waals surface area contributed by atoms with Crippen LogP contribution in [0.5, 0.6) is 0 Å². The van der Waals surface area contributed by atoms with Crippen molar-refractivity contribution in [3.05, 3.63) is 0 Å². The average Bonchev–Trinajstić information content (AvgIpc) is 1.64. The average molecular weight is 383 g/mol. The molecule has 7 nitrogen and oxygen atoms in total. The Morgan fingerprint density at radius 2 is 0.571 bits per heavy atom. The van der Waals surface area contributed by atoms with Gasteiger partial charge in [-0.15, -0.1) is 0 Å². The van der Waals surface area contributed by atoms with Crippen LogP contribution in [0.15, 0.2) is 0 Å². The van der Waals surface area contributed by atoms with Crippen LogP contribution in [0.4, 0.5) is 0 Å². The van der Waals surface area contributed by atoms with Crippen molar-refractivity contribution < 1.29 is 32.9 Å². The summed E-state index contributed by atoms with van der Waals surface area (Å²) in [6.45, 7) is 13.1. The maximum atomic E-state index is 9.14. The first-order chi connectivity index (χ1) is 7.41. The third kappa shape index (κ3) is 44.9. The molecule has 0 aliphatic carbocycles. The SMILES string of the molecule is C.C.C[Si](C)(O)O[Si](C)(C)O.C[Si](C)(O)O[Si](C)(C)O.O. The fourth-order valence-corrected chi connectivity index (χ4v) is 11.0. The van der Waals surface area contributed by atoms with E-state index >= 15 is 0 Å². The van der Waals surface area contributed by atoms with Gasteiger partial charge in [-0.3, -0.25) is 0 Å². The van der Waals surface area contributed by atoms with Crippen LogP contribution in [0.2, 0.25) is 52.4 Å². The lowest BCUT2D eigenvalue weighted by Crippen LogP contribution is -2.44. The molecular formula is C10H38O7Si4. The van der Waals surface area contributed by atoms with Crippen LogP contribution in [0.3, 0.4) is 0 Å². The largest absolute Gasteiger partial charge is 0.415 e. The van der Waals surface area contributed by atoms with Crippen LogP contribution in [0, 0.1) is 0 Å². The third-order valence-corrected chi connectivity index (χ3v) is 8.99. The second-order valence-corrected chi connectivity index (χ2v) is 19.2. The fourth-order valence-electron chi connectivity index (χ4n) is 1.22. The van der Waals surface area contributed by atoms with Crippen molar-refractivity contribution in [1.82, 2.24) is 0 Å². The van der Waals surface area contributed by atoms with Gasteiger partial charge in [0.15, 0.2) is 0 Å². The Morgan fingerprint density at radius 3 is 0.571 bits per heavy atom. The summed E-state index contributed by atoms with van der Waals surface area (Å²) in [5, 5.41) is 0. The summed E-state index contributed by atoms with van der Waals surface area (Å²) in [6.07, 6.45) is 0. The van der Waals surface area contributed by atoms with Crippen LogP contribution in [0.25, 0.3) is 0 Å². The molecule has 0 unspecified atom stereocenters. The number of hydrogen-bond donors (Lipinski definition) is 4. The summed E-state index contributed by atoms with van der Waals surface area (Å²) in [6, 6.07) is 0. The van der Waals surface area contributed by atoms with E-state index in [0.29, 0.717) is 0 Å². The summed E-state index contributed by atoms with van der Waals surface area (Å²) in [4.78, 5) is 36.6. The zero-order valence-electron chi connectivity index (χ0n) is 13.1. The molecule has 0 aromatic rings. The summed E-state index contributed by atoms with van der Waals surface area (Å²) in [7, 11) is -9.92. The lowest BCUT2D eigenvalue weighted by Gasteiger charge is -2.23. The predicted octanol–water partition coefficient (Wildman–Crippen LogP) is 1.23. The van der Waals surface area contributed by atoms with Gasteiger partial charge < -0.3 is 32.9 Å². The molecule has 0 amide bonds. The first kappa shape index (κ1) is 33.3. The Kier molecular flexibility index (Phi) is 17.7. The highest BCUT2D eigenvalue weighted by atomic mass is 28.5. The highest BCUT2D eigenvalue weighted by Gasteiger charge is 2.30. The molecule has 11 heteroatoms. The van der Waals surface area contributed by atoms with Gasteiger partial charge in [0, 0.05) is 0 Å². The van der Waals surface area contributed by atoms with Gasteiger partial charge in [0.05, 0.1) is 0 Å².